The van der Waals surface area contributed by atoms with E-state index in [2.05, 4.69) is 33.0 Å². The standard InChI is InChI=1S/C30H33N5O6S.C28H29NO4.C10H10O3/c1-30(2,3)41-29(36)34-16-15-22-17-27(40-19-21-11-7-5-8-12-21)26(39-4)18-24(22)25(34)20-42(37,38)28-31-32-33-35(28)23-13-9-6-10-14-23;1-3-32-28(30)23-12-8-7-11-21(23)13-14-25-24-18-26(31-2)27(17-22(24)15-16-29-25)33-19-20-9-5-4-6-10-20;1-2-13-10(12)9-6-4-3-5-8(9)7-11/h5-14,17-18,25H,15-16,19-20H2,1-4H3;4-14,17-18,25,29H,3,15-16,19H2,1-2H3;3-7H,2H2,1H3/b;14-13+;. The minimum atomic E-state index is -4.12. The van der Waals surface area contributed by atoms with Gasteiger partial charge in [0.25, 0.3) is 5.16 Å². The highest BCUT2D eigenvalue weighted by atomic mass is 32.2. The molecule has 0 bridgehead atoms. The molecule has 2 atom stereocenters. The van der Waals surface area contributed by atoms with Crippen molar-refractivity contribution in [2.75, 3.05) is 46.3 Å². The fourth-order valence-electron chi connectivity index (χ4n) is 9.83. The van der Waals surface area contributed by atoms with Crippen LogP contribution in [0.25, 0.3) is 11.8 Å². The molecule has 0 spiro atoms. The SMILES string of the molecule is CCOC(=O)c1ccccc1/C=C/C1NCCc2cc(OCc3ccccc3)c(OC)cc21.CCOC(=O)c1ccccc1C=O.COc1cc2c(cc1OCc1ccccc1)CCN(C(=O)OC(C)(C)C)C2CS(=O)(=O)c1nnnn1-c1ccccc1. The Kier molecular flexibility index (Phi) is 22.4. The molecule has 1 N–H and O–H groups in total. The van der Waals surface area contributed by atoms with Gasteiger partial charge < -0.3 is 38.5 Å². The van der Waals surface area contributed by atoms with E-state index in [1.807, 2.05) is 110 Å². The highest BCUT2D eigenvalue weighted by Gasteiger charge is 2.40. The smallest absolute Gasteiger partial charge is 0.410 e. The Balaban J connectivity index is 0.000000193. The molecule has 0 saturated carbocycles. The molecule has 0 fully saturated rings. The summed E-state index contributed by atoms with van der Waals surface area (Å²) in [7, 11) is -0.939. The van der Waals surface area contributed by atoms with Crippen LogP contribution in [0, 0.1) is 0 Å². The molecule has 458 valence electrons. The van der Waals surface area contributed by atoms with Crippen molar-refractivity contribution in [3.8, 4) is 28.7 Å². The number of aromatic nitrogens is 4. The lowest BCUT2D eigenvalue weighted by Crippen LogP contribution is -2.45. The van der Waals surface area contributed by atoms with Crippen LogP contribution in [-0.2, 0) is 50.1 Å². The Morgan fingerprint density at radius 1 is 0.648 bits per heavy atom. The number of nitrogens with one attached hydrogen (secondary N) is 1. The van der Waals surface area contributed by atoms with E-state index in [0.717, 1.165) is 46.5 Å². The third-order valence-corrected chi connectivity index (χ3v) is 15.6. The monoisotopic (exact) mass is 1210 g/mol. The number of aldehydes is 1. The summed E-state index contributed by atoms with van der Waals surface area (Å²) in [5.74, 6) is 1.17. The lowest BCUT2D eigenvalue weighted by molar-refractivity contribution is 0.0161. The predicted molar refractivity (Wildman–Crippen MR) is 332 cm³/mol. The molecule has 1 amide bonds. The van der Waals surface area contributed by atoms with Gasteiger partial charge in [0.05, 0.1) is 62.1 Å². The molecule has 8 aromatic rings. The summed E-state index contributed by atoms with van der Waals surface area (Å²) in [6, 6.07) is 49.5. The van der Waals surface area contributed by atoms with Gasteiger partial charge in [-0.15, -0.1) is 0 Å². The van der Waals surface area contributed by atoms with E-state index in [1.165, 1.54) is 22.3 Å². The normalized spacial score (nSPS) is 14.3. The van der Waals surface area contributed by atoms with Gasteiger partial charge in [0.1, 0.15) is 18.8 Å². The summed E-state index contributed by atoms with van der Waals surface area (Å²) < 4.78 is 68.1. The largest absolute Gasteiger partial charge is 0.493 e. The van der Waals surface area contributed by atoms with Crippen LogP contribution in [0.2, 0.25) is 0 Å². The van der Waals surface area contributed by atoms with Crippen LogP contribution in [0.15, 0.2) is 175 Å². The highest BCUT2D eigenvalue weighted by Crippen LogP contribution is 2.41. The van der Waals surface area contributed by atoms with Crippen molar-refractivity contribution in [2.24, 2.45) is 0 Å². The molecule has 0 saturated heterocycles. The average molecular weight is 1210 g/mol. The number of methoxy groups -OCH3 is 2. The third kappa shape index (κ3) is 16.9. The number of nitrogens with zero attached hydrogens (tertiary/aromatic N) is 5. The topological polar surface area (TPSA) is 226 Å². The zero-order valence-electron chi connectivity index (χ0n) is 50.3. The number of ether oxygens (including phenoxy) is 7. The molecule has 88 heavy (non-hydrogen) atoms. The van der Waals surface area contributed by atoms with Crippen molar-refractivity contribution in [1.82, 2.24) is 30.4 Å². The van der Waals surface area contributed by atoms with E-state index in [9.17, 15) is 27.6 Å². The van der Waals surface area contributed by atoms with Gasteiger partial charge in [-0.05, 0) is 145 Å². The number of sulfone groups is 1. The summed E-state index contributed by atoms with van der Waals surface area (Å²) in [5.41, 5.74) is 7.75. The van der Waals surface area contributed by atoms with Gasteiger partial charge in [0.2, 0.25) is 9.84 Å². The molecular weight excluding hydrogens is 1140 g/mol. The number of benzene rings is 7. The van der Waals surface area contributed by atoms with Crippen molar-refractivity contribution >= 4 is 40.2 Å². The first-order chi connectivity index (χ1) is 42.5. The van der Waals surface area contributed by atoms with Crippen molar-refractivity contribution in [3.05, 3.63) is 226 Å². The number of carbonyl (C=O) groups is 4. The number of hydrogen-bond acceptors (Lipinski definition) is 17. The second-order valence-electron chi connectivity index (χ2n) is 21.2. The predicted octanol–water partition coefficient (Wildman–Crippen LogP) is 11.6. The molecule has 19 nitrogen and oxygen atoms in total. The van der Waals surface area contributed by atoms with Gasteiger partial charge in [-0.3, -0.25) is 9.69 Å². The first kappa shape index (κ1) is 64.3. The number of rotatable bonds is 19. The maximum atomic E-state index is 13.9. The first-order valence-corrected chi connectivity index (χ1v) is 30.4. The number of carbonyl (C=O) groups excluding carboxylic acids is 4. The summed E-state index contributed by atoms with van der Waals surface area (Å²) in [5, 5.41) is 14.6. The number of fused-ring (bicyclic) bond motifs is 2. The van der Waals surface area contributed by atoms with Crippen molar-refractivity contribution < 1.29 is 60.8 Å². The van der Waals surface area contributed by atoms with Crippen molar-refractivity contribution in [1.29, 1.82) is 0 Å². The second-order valence-corrected chi connectivity index (χ2v) is 23.1. The minimum Gasteiger partial charge on any atom is -0.493 e. The van der Waals surface area contributed by atoms with Crippen LogP contribution >= 0.6 is 0 Å². The quantitative estimate of drug-likeness (QED) is 0.0451. The fourth-order valence-corrected chi connectivity index (χ4v) is 11.3. The van der Waals surface area contributed by atoms with Crippen LogP contribution in [-0.4, -0.2) is 110 Å². The van der Waals surface area contributed by atoms with Crippen molar-refractivity contribution in [3.63, 3.8) is 0 Å². The van der Waals surface area contributed by atoms with E-state index in [4.69, 9.17) is 33.2 Å². The lowest BCUT2D eigenvalue weighted by Gasteiger charge is -2.38. The zero-order chi connectivity index (χ0) is 62.6. The van der Waals surface area contributed by atoms with Crippen LogP contribution in [0.4, 0.5) is 4.79 Å². The van der Waals surface area contributed by atoms with E-state index >= 15 is 0 Å². The number of amides is 1. The van der Waals surface area contributed by atoms with Crippen molar-refractivity contribution in [2.45, 2.75) is 83.5 Å². The molecule has 1 aromatic heterocycles. The molecule has 0 radical (unpaired) electrons. The average Bonchev–Trinajstić information content (AvgIpc) is 1.89. The number of esters is 2. The summed E-state index contributed by atoms with van der Waals surface area (Å²) in [4.78, 5) is 48.9. The molecule has 2 unspecified atom stereocenters. The maximum absolute atomic E-state index is 13.9. The first-order valence-electron chi connectivity index (χ1n) is 28.7. The van der Waals surface area contributed by atoms with Crippen LogP contribution in [0.5, 0.6) is 23.0 Å². The van der Waals surface area contributed by atoms with Crippen LogP contribution < -0.4 is 24.3 Å². The Bertz CT molecular complexity index is 3800. The summed E-state index contributed by atoms with van der Waals surface area (Å²) >= 11 is 0. The van der Waals surface area contributed by atoms with E-state index in [-0.39, 0.29) is 23.7 Å². The van der Waals surface area contributed by atoms with E-state index in [0.29, 0.717) is 84.3 Å². The Hall–Kier alpha value is -9.66. The van der Waals surface area contributed by atoms with Gasteiger partial charge in [0.15, 0.2) is 29.3 Å². The molecule has 3 heterocycles. The summed E-state index contributed by atoms with van der Waals surface area (Å²) in [6.45, 7) is 11.4. The van der Waals surface area contributed by atoms with Gasteiger partial charge >= 0.3 is 18.0 Å². The van der Waals surface area contributed by atoms with Crippen LogP contribution in [0.3, 0.4) is 0 Å². The molecule has 10 rings (SSSR count). The second kappa shape index (κ2) is 30.6. The van der Waals surface area contributed by atoms with Gasteiger partial charge in [-0.1, -0.05) is 133 Å². The molecule has 2 aliphatic heterocycles. The van der Waals surface area contributed by atoms with Gasteiger partial charge in [0, 0.05) is 18.7 Å². The number of hydrogen-bond donors (Lipinski definition) is 1. The summed E-state index contributed by atoms with van der Waals surface area (Å²) in [6.07, 6.45) is 5.47. The van der Waals surface area contributed by atoms with Gasteiger partial charge in [-0.25, -0.2) is 22.8 Å². The lowest BCUT2D eigenvalue weighted by atomic mass is 9.92. The molecule has 7 aromatic carbocycles. The molecule has 2 aliphatic rings. The number of para-hydroxylation sites is 1. The van der Waals surface area contributed by atoms with E-state index < -0.39 is 39.3 Å². The van der Waals surface area contributed by atoms with E-state index in [1.54, 1.807) is 95.5 Å². The highest BCUT2D eigenvalue weighted by molar-refractivity contribution is 7.91. The Morgan fingerprint density at radius 2 is 1.16 bits per heavy atom. The Morgan fingerprint density at radius 3 is 1.70 bits per heavy atom. The van der Waals surface area contributed by atoms with Gasteiger partial charge in [-0.2, -0.15) is 4.68 Å². The molecule has 20 heteroatoms. The number of tetrazole rings is 1. The zero-order valence-corrected chi connectivity index (χ0v) is 51.1. The fraction of sp³-hybridized carbons (Fsp3) is 0.279. The van der Waals surface area contributed by atoms with Crippen LogP contribution in [0.1, 0.15) is 117 Å². The molecule has 0 aliphatic carbocycles. The Labute approximate surface area is 513 Å². The molecular formula is C68H72N6O13S. The third-order valence-electron chi connectivity index (χ3n) is 14.0. The maximum Gasteiger partial charge on any atom is 0.410 e. The minimum absolute atomic E-state index is 0.000995.